The molecule has 0 unspecified atom stereocenters. The molecule has 0 fully saturated rings. The zero-order valence-electron chi connectivity index (χ0n) is 27.2. The summed E-state index contributed by atoms with van der Waals surface area (Å²) in [6.07, 6.45) is 4.62. The van der Waals surface area contributed by atoms with Gasteiger partial charge in [0.1, 0.15) is 5.70 Å². The van der Waals surface area contributed by atoms with Crippen LogP contribution in [0.25, 0.3) is 17.7 Å². The molecule has 1 atom stereocenters. The van der Waals surface area contributed by atoms with Crippen LogP contribution in [-0.4, -0.2) is 36.3 Å². The van der Waals surface area contributed by atoms with Gasteiger partial charge in [0.2, 0.25) is 0 Å². The number of hydrogen-bond acceptors (Lipinski definition) is 6. The number of anilines is 1. The van der Waals surface area contributed by atoms with E-state index in [2.05, 4.69) is 115 Å². The van der Waals surface area contributed by atoms with Crippen molar-refractivity contribution in [2.75, 3.05) is 11.9 Å². The summed E-state index contributed by atoms with van der Waals surface area (Å²) in [7, 11) is -4.82. The summed E-state index contributed by atoms with van der Waals surface area (Å²) in [5.41, 5.74) is 9.55. The molecular formula is C38H39N3O5S. The van der Waals surface area contributed by atoms with Gasteiger partial charge in [0.15, 0.2) is 0 Å². The summed E-state index contributed by atoms with van der Waals surface area (Å²) in [5.74, 6) is -0.518. The van der Waals surface area contributed by atoms with Gasteiger partial charge in [0.05, 0.1) is 5.54 Å². The van der Waals surface area contributed by atoms with Crippen LogP contribution in [0, 0.1) is 13.8 Å². The molecule has 0 spiro atoms. The van der Waals surface area contributed by atoms with Crippen LogP contribution in [0.15, 0.2) is 108 Å². The maximum absolute atomic E-state index is 12.7. The molecular weight excluding hydrogens is 611 g/mol. The maximum Gasteiger partial charge on any atom is 0.449 e. The van der Waals surface area contributed by atoms with Crippen molar-refractivity contribution < 1.29 is 21.9 Å². The van der Waals surface area contributed by atoms with Crippen LogP contribution in [0.4, 0.5) is 5.69 Å². The van der Waals surface area contributed by atoms with Crippen LogP contribution in [0.1, 0.15) is 66.1 Å². The molecule has 8 nitrogen and oxygen atoms in total. The molecule has 0 radical (unpaired) electrons. The van der Waals surface area contributed by atoms with E-state index >= 15 is 0 Å². The van der Waals surface area contributed by atoms with Crippen LogP contribution in [0.3, 0.4) is 0 Å². The monoisotopic (exact) mass is 649 g/mol. The number of nitrogens with one attached hydrogen (secondary N) is 1. The summed E-state index contributed by atoms with van der Waals surface area (Å²) in [6.45, 7) is 10.4. The number of nitrogens with zero attached hydrogens (tertiary/aromatic N) is 2. The highest BCUT2D eigenvalue weighted by Gasteiger charge is 2.33. The lowest BCUT2D eigenvalue weighted by atomic mass is 9.87. The fourth-order valence-corrected chi connectivity index (χ4v) is 5.76. The minimum atomic E-state index is -4.82. The second-order valence-electron chi connectivity index (χ2n) is 11.8. The Morgan fingerprint density at radius 3 is 2.15 bits per heavy atom. The lowest BCUT2D eigenvalue weighted by molar-refractivity contribution is -0.122. The highest BCUT2D eigenvalue weighted by molar-refractivity contribution is 7.81. The zero-order chi connectivity index (χ0) is 33.8. The predicted octanol–water partition coefficient (Wildman–Crippen LogP) is 8.01. The number of rotatable bonds is 10. The Kier molecular flexibility index (Phi) is 9.79. The Balaban J connectivity index is 1.36. The first kappa shape index (κ1) is 33.4. The number of aryl methyl sites for hydroxylation is 2. The molecule has 5 rings (SSSR count). The molecule has 1 aliphatic rings. The van der Waals surface area contributed by atoms with Gasteiger partial charge in [0.25, 0.3) is 5.91 Å². The van der Waals surface area contributed by atoms with Crippen molar-refractivity contribution >= 4 is 45.7 Å². The average Bonchev–Trinajstić information content (AvgIpc) is 3.34. The SMILES string of the molecule is CCN1C(=O)/C(=C/c2ccc(N[C@@](C)(CC)c3ccc(/C=C(\c4ccccc4)c4ccc(C)c(C)c4)cc3)cc2)N=C1OS(=O)(=O)O. The Morgan fingerprint density at radius 2 is 1.55 bits per heavy atom. The van der Waals surface area contributed by atoms with Crippen molar-refractivity contribution in [3.8, 4) is 0 Å². The molecule has 47 heavy (non-hydrogen) atoms. The topological polar surface area (TPSA) is 108 Å². The second kappa shape index (κ2) is 13.8. The molecule has 4 aromatic carbocycles. The maximum atomic E-state index is 12.7. The van der Waals surface area contributed by atoms with E-state index in [0.717, 1.165) is 33.7 Å². The molecule has 1 amide bonds. The summed E-state index contributed by atoms with van der Waals surface area (Å²) >= 11 is 0. The van der Waals surface area contributed by atoms with Gasteiger partial charge < -0.3 is 9.50 Å². The summed E-state index contributed by atoms with van der Waals surface area (Å²) in [4.78, 5) is 17.7. The first-order chi connectivity index (χ1) is 22.4. The molecule has 2 N–H and O–H groups in total. The van der Waals surface area contributed by atoms with Crippen molar-refractivity contribution in [1.29, 1.82) is 0 Å². The van der Waals surface area contributed by atoms with Crippen LogP contribution >= 0.6 is 0 Å². The first-order valence-corrected chi connectivity index (χ1v) is 16.9. The largest absolute Gasteiger partial charge is 0.449 e. The average molecular weight is 650 g/mol. The van der Waals surface area contributed by atoms with Crippen molar-refractivity contribution in [1.82, 2.24) is 4.90 Å². The van der Waals surface area contributed by atoms with Gasteiger partial charge in [-0.15, -0.1) is 0 Å². The zero-order valence-corrected chi connectivity index (χ0v) is 28.0. The molecule has 1 aliphatic heterocycles. The first-order valence-electron chi connectivity index (χ1n) is 15.5. The van der Waals surface area contributed by atoms with Crippen LogP contribution < -0.4 is 5.32 Å². The molecule has 4 aromatic rings. The van der Waals surface area contributed by atoms with Crippen LogP contribution in [0.2, 0.25) is 0 Å². The van der Waals surface area contributed by atoms with Gasteiger partial charge >= 0.3 is 16.4 Å². The Labute approximate surface area is 277 Å². The molecule has 0 bridgehead atoms. The Hall–Kier alpha value is -4.99. The third kappa shape index (κ3) is 7.88. The summed E-state index contributed by atoms with van der Waals surface area (Å²) < 4.78 is 35.8. The van der Waals surface area contributed by atoms with E-state index in [1.54, 1.807) is 13.0 Å². The lowest BCUT2D eigenvalue weighted by Gasteiger charge is -2.32. The van der Waals surface area contributed by atoms with E-state index < -0.39 is 22.3 Å². The fourth-order valence-electron chi connectivity index (χ4n) is 5.44. The van der Waals surface area contributed by atoms with Crippen molar-refractivity contribution in [2.45, 2.75) is 46.6 Å². The smallest absolute Gasteiger partial charge is 0.376 e. The Bertz CT molecular complexity index is 1970. The van der Waals surface area contributed by atoms with Gasteiger partial charge in [-0.2, -0.15) is 13.4 Å². The molecule has 9 heteroatoms. The lowest BCUT2D eigenvalue weighted by Crippen LogP contribution is -2.34. The summed E-state index contributed by atoms with van der Waals surface area (Å²) in [5, 5.41) is 3.67. The van der Waals surface area contributed by atoms with E-state index in [1.165, 1.54) is 22.3 Å². The number of benzene rings is 4. The highest BCUT2D eigenvalue weighted by atomic mass is 32.3. The fraction of sp³-hybridized carbons (Fsp3) is 0.211. The van der Waals surface area contributed by atoms with Gasteiger partial charge in [-0.3, -0.25) is 14.2 Å². The van der Waals surface area contributed by atoms with Crippen LogP contribution in [-0.2, 0) is 24.9 Å². The number of likely N-dealkylation sites (N-methyl/N-ethyl adjacent to an activating group) is 1. The van der Waals surface area contributed by atoms with Crippen molar-refractivity contribution in [3.63, 3.8) is 0 Å². The Morgan fingerprint density at radius 1 is 0.894 bits per heavy atom. The van der Waals surface area contributed by atoms with E-state index in [4.69, 9.17) is 4.55 Å². The number of carbonyl (C=O) groups excluding carboxylic acids is 1. The molecule has 0 saturated heterocycles. The molecule has 0 aliphatic carbocycles. The standard InChI is InChI=1S/C38H39N3O5S/c1-6-38(5,40-33-21-16-29(17-22-33)25-35-36(42)41(7-2)37(39-35)46-47(43,44)45)32-19-14-28(15-20-32)24-34(30-11-9-8-10-12-30)31-18-13-26(3)27(4)23-31/h8-25,40H,6-7H2,1-5H3,(H,43,44,45)/b34-24+,35-25-/t38-/m0/s1. The van der Waals surface area contributed by atoms with E-state index in [9.17, 15) is 13.2 Å². The van der Waals surface area contributed by atoms with Crippen molar-refractivity contribution in [3.05, 3.63) is 142 Å². The second-order valence-corrected chi connectivity index (χ2v) is 12.8. The number of aliphatic imine (C=N–C) groups is 1. The molecule has 242 valence electrons. The van der Waals surface area contributed by atoms with Crippen LogP contribution in [0.5, 0.6) is 0 Å². The number of carbonyl (C=O) groups is 1. The van der Waals surface area contributed by atoms with E-state index in [0.29, 0.717) is 5.56 Å². The molecule has 0 saturated carbocycles. The predicted molar refractivity (Wildman–Crippen MR) is 189 cm³/mol. The highest BCUT2D eigenvalue weighted by Crippen LogP contribution is 2.32. The quantitative estimate of drug-likeness (QED) is 0.102. The van der Waals surface area contributed by atoms with Crippen molar-refractivity contribution in [2.24, 2.45) is 4.99 Å². The molecule has 0 aromatic heterocycles. The molecule has 1 heterocycles. The third-order valence-electron chi connectivity index (χ3n) is 8.51. The number of amidine groups is 1. The summed E-state index contributed by atoms with van der Waals surface area (Å²) in [6, 6.07) is 32.7. The third-order valence-corrected chi connectivity index (χ3v) is 8.87. The minimum absolute atomic E-state index is 0.00618. The van der Waals surface area contributed by atoms with Gasteiger partial charge in [-0.25, -0.2) is 0 Å². The van der Waals surface area contributed by atoms with E-state index in [-0.39, 0.29) is 17.8 Å². The van der Waals surface area contributed by atoms with Gasteiger partial charge in [-0.1, -0.05) is 91.9 Å². The normalized spacial score (nSPS) is 15.8. The van der Waals surface area contributed by atoms with Gasteiger partial charge in [0, 0.05) is 12.2 Å². The van der Waals surface area contributed by atoms with Gasteiger partial charge in [-0.05, 0) is 103 Å². The minimum Gasteiger partial charge on any atom is -0.376 e. The number of hydrogen-bond donors (Lipinski definition) is 2. The number of amides is 1. The van der Waals surface area contributed by atoms with E-state index in [1.807, 2.05) is 30.3 Å².